The first kappa shape index (κ1) is 18.7. The topological polar surface area (TPSA) is 89.1 Å². The fraction of sp³-hybridized carbons (Fsp3) is 0.350. The van der Waals surface area contributed by atoms with Gasteiger partial charge >= 0.3 is 6.03 Å². The molecule has 0 saturated heterocycles. The Morgan fingerprint density at radius 3 is 2.59 bits per heavy atom. The molecule has 0 aliphatic heterocycles. The lowest BCUT2D eigenvalue weighted by molar-refractivity contribution is 0.247. The van der Waals surface area contributed by atoms with Crippen LogP contribution in [-0.2, 0) is 6.54 Å². The second kappa shape index (κ2) is 7.65. The Labute approximate surface area is 159 Å². The average molecular weight is 366 g/mol. The first-order valence-corrected chi connectivity index (χ1v) is 9.06. The van der Waals surface area contributed by atoms with Gasteiger partial charge in [-0.15, -0.1) is 0 Å². The number of benzene rings is 1. The number of urea groups is 1. The monoisotopic (exact) mass is 366 g/mol. The minimum Gasteiger partial charge on any atom is -0.382 e. The largest absolute Gasteiger partial charge is 0.382 e. The van der Waals surface area contributed by atoms with Crippen LogP contribution in [-0.4, -0.2) is 34.2 Å². The highest BCUT2D eigenvalue weighted by atomic mass is 16.2. The van der Waals surface area contributed by atoms with Gasteiger partial charge in [-0.25, -0.2) is 14.8 Å². The number of hydrogen-bond donors (Lipinski definition) is 2. The molecule has 0 radical (unpaired) electrons. The minimum atomic E-state index is -0.117. The highest BCUT2D eigenvalue weighted by Crippen LogP contribution is 2.25. The molecule has 0 unspecified atom stereocenters. The summed E-state index contributed by atoms with van der Waals surface area (Å²) < 4.78 is 2.16. The van der Waals surface area contributed by atoms with Gasteiger partial charge in [0.1, 0.15) is 11.3 Å². The summed E-state index contributed by atoms with van der Waals surface area (Å²) in [7, 11) is 1.76. The number of rotatable bonds is 5. The molecule has 0 bridgehead atoms. The van der Waals surface area contributed by atoms with E-state index in [1.165, 1.54) is 0 Å². The van der Waals surface area contributed by atoms with Crippen molar-refractivity contribution in [3.05, 3.63) is 47.4 Å². The molecule has 3 rings (SSSR count). The van der Waals surface area contributed by atoms with E-state index in [1.807, 2.05) is 51.1 Å². The molecule has 27 heavy (non-hydrogen) atoms. The van der Waals surface area contributed by atoms with Crippen LogP contribution < -0.4 is 16.0 Å². The van der Waals surface area contributed by atoms with E-state index >= 15 is 0 Å². The van der Waals surface area contributed by atoms with E-state index in [9.17, 15) is 4.79 Å². The number of imidazole rings is 1. The summed E-state index contributed by atoms with van der Waals surface area (Å²) in [6, 6.07) is 9.45. The summed E-state index contributed by atoms with van der Waals surface area (Å²) in [5.74, 6) is 1.37. The fourth-order valence-corrected chi connectivity index (χ4v) is 3.21. The minimum absolute atomic E-state index is 0.117. The Balaban J connectivity index is 1.64. The molecule has 0 spiro atoms. The van der Waals surface area contributed by atoms with Crippen LogP contribution in [0.4, 0.5) is 16.3 Å². The lowest BCUT2D eigenvalue weighted by Crippen LogP contribution is -2.38. The second-order valence-electron chi connectivity index (χ2n) is 6.70. The van der Waals surface area contributed by atoms with Crippen molar-refractivity contribution in [3.8, 4) is 0 Å². The maximum atomic E-state index is 12.3. The summed E-state index contributed by atoms with van der Waals surface area (Å²) in [4.78, 5) is 22.8. The summed E-state index contributed by atoms with van der Waals surface area (Å²) in [5, 5.41) is 2.96. The van der Waals surface area contributed by atoms with Gasteiger partial charge in [0.2, 0.25) is 0 Å². The van der Waals surface area contributed by atoms with E-state index in [0.717, 1.165) is 46.8 Å². The Morgan fingerprint density at radius 1 is 1.19 bits per heavy atom. The van der Waals surface area contributed by atoms with Gasteiger partial charge in [0.15, 0.2) is 5.82 Å². The van der Waals surface area contributed by atoms with Crippen LogP contribution in [0.2, 0.25) is 0 Å². The standard InChI is InChI=1S/C20H26N6O/c1-13-14(2)23-19(21)17-18(13)26(15(3)24-17)12-8-11-22-20(27)25(4)16-9-6-5-7-10-16/h5-7,9-10H,8,11-12H2,1-4H3,(H2,21,23)(H,22,27). The van der Waals surface area contributed by atoms with Crippen LogP contribution in [0.5, 0.6) is 0 Å². The highest BCUT2D eigenvalue weighted by Gasteiger charge is 2.15. The molecule has 1 aromatic carbocycles. The van der Waals surface area contributed by atoms with Crippen molar-refractivity contribution in [2.24, 2.45) is 0 Å². The summed E-state index contributed by atoms with van der Waals surface area (Å²) in [6.07, 6.45) is 0.793. The third-order valence-electron chi connectivity index (χ3n) is 4.87. The van der Waals surface area contributed by atoms with Crippen LogP contribution in [0.1, 0.15) is 23.5 Å². The van der Waals surface area contributed by atoms with Crippen molar-refractivity contribution in [3.63, 3.8) is 0 Å². The van der Waals surface area contributed by atoms with E-state index in [4.69, 9.17) is 5.73 Å². The number of para-hydroxylation sites is 1. The fourth-order valence-electron chi connectivity index (χ4n) is 3.21. The number of nitrogens with zero attached hydrogens (tertiary/aromatic N) is 4. The number of aryl methyl sites for hydroxylation is 4. The zero-order valence-electron chi connectivity index (χ0n) is 16.3. The van der Waals surface area contributed by atoms with Crippen molar-refractivity contribution < 1.29 is 4.79 Å². The number of fused-ring (bicyclic) bond motifs is 1. The van der Waals surface area contributed by atoms with Crippen LogP contribution in [0, 0.1) is 20.8 Å². The smallest absolute Gasteiger partial charge is 0.321 e. The number of aromatic nitrogens is 3. The van der Waals surface area contributed by atoms with Crippen molar-refractivity contribution in [2.75, 3.05) is 24.2 Å². The molecular weight excluding hydrogens is 340 g/mol. The lowest BCUT2D eigenvalue weighted by atomic mass is 10.2. The van der Waals surface area contributed by atoms with Crippen molar-refractivity contribution in [1.82, 2.24) is 19.9 Å². The first-order chi connectivity index (χ1) is 12.9. The molecule has 0 atom stereocenters. The molecule has 142 valence electrons. The normalized spacial score (nSPS) is 11.0. The van der Waals surface area contributed by atoms with Crippen LogP contribution in [0.15, 0.2) is 30.3 Å². The number of carbonyl (C=O) groups excluding carboxylic acids is 1. The molecule has 7 heteroatoms. The van der Waals surface area contributed by atoms with Gasteiger partial charge in [0.25, 0.3) is 0 Å². The predicted octanol–water partition coefficient (Wildman–Crippen LogP) is 3.17. The predicted molar refractivity (Wildman–Crippen MR) is 109 cm³/mol. The molecular formula is C20H26N6O. The van der Waals surface area contributed by atoms with Gasteiger partial charge in [-0.3, -0.25) is 4.90 Å². The number of nitrogens with two attached hydrogens (primary N) is 1. The molecule has 2 aromatic heterocycles. The number of amides is 2. The Kier molecular flexibility index (Phi) is 5.30. The molecule has 0 fully saturated rings. The van der Waals surface area contributed by atoms with E-state index in [0.29, 0.717) is 12.4 Å². The molecule has 0 aliphatic rings. The Bertz CT molecular complexity index is 964. The van der Waals surface area contributed by atoms with Gasteiger partial charge in [0, 0.05) is 31.5 Å². The zero-order valence-corrected chi connectivity index (χ0v) is 16.3. The SMILES string of the molecule is Cc1nc(N)c2nc(C)n(CCCNC(=O)N(C)c3ccccc3)c2c1C. The quantitative estimate of drug-likeness (QED) is 0.679. The van der Waals surface area contributed by atoms with Crippen molar-refractivity contribution in [2.45, 2.75) is 33.7 Å². The summed E-state index contributed by atoms with van der Waals surface area (Å²) in [6.45, 7) is 7.29. The van der Waals surface area contributed by atoms with E-state index in [1.54, 1.807) is 11.9 Å². The molecule has 3 N–H and O–H groups in total. The van der Waals surface area contributed by atoms with E-state index in [2.05, 4.69) is 19.9 Å². The van der Waals surface area contributed by atoms with Crippen LogP contribution in [0.25, 0.3) is 11.0 Å². The van der Waals surface area contributed by atoms with Gasteiger partial charge in [-0.1, -0.05) is 18.2 Å². The van der Waals surface area contributed by atoms with Crippen molar-refractivity contribution >= 4 is 28.6 Å². The Morgan fingerprint density at radius 2 is 1.89 bits per heavy atom. The molecule has 7 nitrogen and oxygen atoms in total. The van der Waals surface area contributed by atoms with Gasteiger partial charge in [0.05, 0.1) is 5.52 Å². The number of carbonyl (C=O) groups is 1. The molecule has 0 saturated carbocycles. The highest BCUT2D eigenvalue weighted by molar-refractivity contribution is 5.91. The summed E-state index contributed by atoms with van der Waals surface area (Å²) in [5.41, 5.74) is 10.7. The first-order valence-electron chi connectivity index (χ1n) is 9.06. The number of hydrogen-bond acceptors (Lipinski definition) is 4. The van der Waals surface area contributed by atoms with E-state index < -0.39 is 0 Å². The van der Waals surface area contributed by atoms with Crippen LogP contribution in [0.3, 0.4) is 0 Å². The molecule has 2 heterocycles. The molecule has 2 amide bonds. The number of nitrogens with one attached hydrogen (secondary N) is 1. The third-order valence-corrected chi connectivity index (χ3v) is 4.87. The number of pyridine rings is 1. The van der Waals surface area contributed by atoms with Crippen LogP contribution >= 0.6 is 0 Å². The number of anilines is 2. The maximum Gasteiger partial charge on any atom is 0.321 e. The van der Waals surface area contributed by atoms with Gasteiger partial charge in [-0.05, 0) is 44.9 Å². The average Bonchev–Trinajstić information content (AvgIpc) is 3.00. The van der Waals surface area contributed by atoms with Crippen molar-refractivity contribution in [1.29, 1.82) is 0 Å². The Hall–Kier alpha value is -3.09. The maximum absolute atomic E-state index is 12.3. The lowest BCUT2D eigenvalue weighted by Gasteiger charge is -2.18. The summed E-state index contributed by atoms with van der Waals surface area (Å²) >= 11 is 0. The van der Waals surface area contributed by atoms with E-state index in [-0.39, 0.29) is 6.03 Å². The third kappa shape index (κ3) is 3.72. The second-order valence-corrected chi connectivity index (χ2v) is 6.70. The molecule has 3 aromatic rings. The zero-order chi connectivity index (χ0) is 19.6. The number of nitrogen functional groups attached to an aromatic ring is 1. The van der Waals surface area contributed by atoms with Gasteiger partial charge in [-0.2, -0.15) is 0 Å². The van der Waals surface area contributed by atoms with Gasteiger partial charge < -0.3 is 15.6 Å². The molecule has 0 aliphatic carbocycles.